The van der Waals surface area contributed by atoms with Crippen LogP contribution in [0.15, 0.2) is 0 Å². The van der Waals surface area contributed by atoms with Gasteiger partial charge < -0.3 is 10.0 Å². The molecule has 0 aromatic heterocycles. The van der Waals surface area contributed by atoms with Gasteiger partial charge in [-0.1, -0.05) is 19.3 Å². The molecule has 0 radical (unpaired) electrons. The van der Waals surface area contributed by atoms with E-state index in [2.05, 4.69) is 11.8 Å². The third kappa shape index (κ3) is 2.94. The van der Waals surface area contributed by atoms with Crippen LogP contribution in [0.5, 0.6) is 0 Å². The first-order valence-corrected chi connectivity index (χ1v) is 6.69. The van der Waals surface area contributed by atoms with E-state index in [-0.39, 0.29) is 6.10 Å². The fourth-order valence-electron chi connectivity index (χ4n) is 3.13. The third-order valence-corrected chi connectivity index (χ3v) is 4.28. The maximum Gasteiger partial charge on any atom is 0.0580 e. The Labute approximate surface area is 93.7 Å². The van der Waals surface area contributed by atoms with Gasteiger partial charge in [0.05, 0.1) is 6.10 Å². The lowest BCUT2D eigenvalue weighted by molar-refractivity contribution is 0.0305. The van der Waals surface area contributed by atoms with Gasteiger partial charge in [0.15, 0.2) is 0 Å². The topological polar surface area (TPSA) is 23.5 Å². The van der Waals surface area contributed by atoms with Gasteiger partial charge in [-0.15, -0.1) is 0 Å². The van der Waals surface area contributed by atoms with Crippen molar-refractivity contribution >= 4 is 0 Å². The maximum absolute atomic E-state index is 9.96. The molecule has 15 heavy (non-hydrogen) atoms. The van der Waals surface area contributed by atoms with Crippen LogP contribution >= 0.6 is 0 Å². The molecule has 3 atom stereocenters. The maximum atomic E-state index is 9.96. The van der Waals surface area contributed by atoms with E-state index in [1.165, 1.54) is 45.1 Å². The molecule has 2 fully saturated rings. The number of nitrogens with zero attached hydrogens (tertiary/aromatic N) is 1. The summed E-state index contributed by atoms with van der Waals surface area (Å²) in [4.78, 5) is 2.60. The van der Waals surface area contributed by atoms with Crippen molar-refractivity contribution in [2.75, 3.05) is 13.1 Å². The minimum atomic E-state index is -0.0205. The lowest BCUT2D eigenvalue weighted by Gasteiger charge is -2.38. The van der Waals surface area contributed by atoms with Gasteiger partial charge in [-0.05, 0) is 45.1 Å². The average molecular weight is 211 g/mol. The summed E-state index contributed by atoms with van der Waals surface area (Å²) in [7, 11) is 0. The van der Waals surface area contributed by atoms with Crippen molar-refractivity contribution in [1.29, 1.82) is 0 Å². The Balaban J connectivity index is 1.83. The van der Waals surface area contributed by atoms with Gasteiger partial charge in [0, 0.05) is 12.6 Å². The highest BCUT2D eigenvalue weighted by molar-refractivity contribution is 4.81. The van der Waals surface area contributed by atoms with Crippen molar-refractivity contribution in [2.24, 2.45) is 5.92 Å². The molecule has 2 rings (SSSR count). The lowest BCUT2D eigenvalue weighted by Crippen LogP contribution is -2.43. The van der Waals surface area contributed by atoms with E-state index in [1.54, 1.807) is 0 Å². The largest absolute Gasteiger partial charge is 0.393 e. The average Bonchev–Trinajstić information content (AvgIpc) is 2.24. The van der Waals surface area contributed by atoms with Crippen LogP contribution < -0.4 is 0 Å². The van der Waals surface area contributed by atoms with Crippen LogP contribution in [0, 0.1) is 5.92 Å². The van der Waals surface area contributed by atoms with E-state index in [0.29, 0.717) is 5.92 Å². The highest BCUT2D eigenvalue weighted by atomic mass is 16.3. The van der Waals surface area contributed by atoms with Crippen LogP contribution in [0.1, 0.15) is 51.9 Å². The summed E-state index contributed by atoms with van der Waals surface area (Å²) in [5.41, 5.74) is 0. The Hall–Kier alpha value is -0.0800. The van der Waals surface area contributed by atoms with Gasteiger partial charge in [0.1, 0.15) is 0 Å². The first-order chi connectivity index (χ1) is 7.27. The minimum Gasteiger partial charge on any atom is -0.393 e. The van der Waals surface area contributed by atoms with Crippen molar-refractivity contribution in [3.63, 3.8) is 0 Å². The molecule has 1 heterocycles. The van der Waals surface area contributed by atoms with Gasteiger partial charge in [0.2, 0.25) is 0 Å². The number of aliphatic hydroxyl groups is 1. The molecule has 1 N–H and O–H groups in total. The molecule has 0 aromatic rings. The Morgan fingerprint density at radius 3 is 2.53 bits per heavy atom. The SMILES string of the molecule is CC1CCCCN1CC1CCCCC1O. The normalized spacial score (nSPS) is 39.2. The quantitative estimate of drug-likeness (QED) is 0.758. The van der Waals surface area contributed by atoms with Gasteiger partial charge in [-0.2, -0.15) is 0 Å². The molecule has 2 nitrogen and oxygen atoms in total. The molecule has 1 saturated heterocycles. The summed E-state index contributed by atoms with van der Waals surface area (Å²) >= 11 is 0. The molecule has 0 amide bonds. The predicted octanol–water partition coefficient (Wildman–Crippen LogP) is 2.41. The Morgan fingerprint density at radius 2 is 1.80 bits per heavy atom. The number of aliphatic hydroxyl groups excluding tert-OH is 1. The fourth-order valence-corrected chi connectivity index (χ4v) is 3.13. The number of rotatable bonds is 2. The fraction of sp³-hybridized carbons (Fsp3) is 1.00. The lowest BCUT2D eigenvalue weighted by atomic mass is 9.85. The summed E-state index contributed by atoms with van der Waals surface area (Å²) in [6, 6.07) is 0.743. The van der Waals surface area contributed by atoms with Crippen molar-refractivity contribution in [3.8, 4) is 0 Å². The molecule has 88 valence electrons. The second-order valence-electron chi connectivity index (χ2n) is 5.45. The van der Waals surface area contributed by atoms with Gasteiger partial charge in [0.25, 0.3) is 0 Å². The highest BCUT2D eigenvalue weighted by Gasteiger charge is 2.27. The molecule has 2 heteroatoms. The second kappa shape index (κ2) is 5.31. The number of hydrogen-bond acceptors (Lipinski definition) is 2. The molecule has 0 aromatic carbocycles. The first kappa shape index (κ1) is 11.4. The van der Waals surface area contributed by atoms with Crippen LogP contribution in [0.3, 0.4) is 0 Å². The number of hydrogen-bond donors (Lipinski definition) is 1. The second-order valence-corrected chi connectivity index (χ2v) is 5.45. The summed E-state index contributed by atoms with van der Waals surface area (Å²) < 4.78 is 0. The third-order valence-electron chi connectivity index (χ3n) is 4.28. The van der Waals surface area contributed by atoms with Crippen LogP contribution in [-0.4, -0.2) is 35.2 Å². The van der Waals surface area contributed by atoms with Crippen LogP contribution in [0.25, 0.3) is 0 Å². The first-order valence-electron chi connectivity index (χ1n) is 6.69. The van der Waals surface area contributed by atoms with E-state index in [1.807, 2.05) is 0 Å². The molecule has 2 aliphatic rings. The standard InChI is InChI=1S/C13H25NO/c1-11-6-4-5-9-14(11)10-12-7-2-3-8-13(12)15/h11-13,15H,2-10H2,1H3. The summed E-state index contributed by atoms with van der Waals surface area (Å²) in [6.07, 6.45) is 8.91. The van der Waals surface area contributed by atoms with Crippen LogP contribution in [0.4, 0.5) is 0 Å². The van der Waals surface area contributed by atoms with Gasteiger partial charge in [-0.3, -0.25) is 0 Å². The monoisotopic (exact) mass is 211 g/mol. The van der Waals surface area contributed by atoms with Gasteiger partial charge >= 0.3 is 0 Å². The van der Waals surface area contributed by atoms with E-state index in [0.717, 1.165) is 19.0 Å². The van der Waals surface area contributed by atoms with E-state index >= 15 is 0 Å². The molecule has 1 aliphatic heterocycles. The number of piperidine rings is 1. The minimum absolute atomic E-state index is 0.0205. The molecular weight excluding hydrogens is 186 g/mol. The van der Waals surface area contributed by atoms with Crippen molar-refractivity contribution in [2.45, 2.75) is 64.0 Å². The molecule has 3 unspecified atom stereocenters. The van der Waals surface area contributed by atoms with Crippen molar-refractivity contribution in [3.05, 3.63) is 0 Å². The smallest absolute Gasteiger partial charge is 0.0580 e. The van der Waals surface area contributed by atoms with Crippen LogP contribution in [0.2, 0.25) is 0 Å². The summed E-state index contributed by atoms with van der Waals surface area (Å²) in [6.45, 7) is 4.74. The Bertz CT molecular complexity index is 175. The molecule has 0 bridgehead atoms. The zero-order chi connectivity index (χ0) is 10.7. The molecule has 1 saturated carbocycles. The highest BCUT2D eigenvalue weighted by Crippen LogP contribution is 2.27. The summed E-state index contributed by atoms with van der Waals surface area (Å²) in [5, 5.41) is 9.96. The van der Waals surface area contributed by atoms with E-state index in [9.17, 15) is 5.11 Å². The molecule has 1 aliphatic carbocycles. The Kier molecular flexibility index (Phi) is 4.04. The van der Waals surface area contributed by atoms with Crippen molar-refractivity contribution in [1.82, 2.24) is 4.90 Å². The zero-order valence-electron chi connectivity index (χ0n) is 9.99. The molecular formula is C13H25NO. The molecule has 0 spiro atoms. The summed E-state index contributed by atoms with van der Waals surface area (Å²) in [5.74, 6) is 0.555. The predicted molar refractivity (Wildman–Crippen MR) is 62.9 cm³/mol. The van der Waals surface area contributed by atoms with E-state index < -0.39 is 0 Å². The Morgan fingerprint density at radius 1 is 1.07 bits per heavy atom. The van der Waals surface area contributed by atoms with Gasteiger partial charge in [-0.25, -0.2) is 0 Å². The van der Waals surface area contributed by atoms with Crippen LogP contribution in [-0.2, 0) is 0 Å². The van der Waals surface area contributed by atoms with Crippen molar-refractivity contribution < 1.29 is 5.11 Å². The zero-order valence-corrected chi connectivity index (χ0v) is 9.99. The van der Waals surface area contributed by atoms with E-state index in [4.69, 9.17) is 0 Å². The number of likely N-dealkylation sites (tertiary alicyclic amines) is 1.